The quantitative estimate of drug-likeness (QED) is 0.558. The molecule has 0 aliphatic carbocycles. The lowest BCUT2D eigenvalue weighted by Gasteiger charge is -2.18. The van der Waals surface area contributed by atoms with Crippen LogP contribution in [-0.2, 0) is 0 Å². The highest BCUT2D eigenvalue weighted by atomic mass is 32.2. The van der Waals surface area contributed by atoms with Gasteiger partial charge in [-0.15, -0.1) is 11.8 Å². The van der Waals surface area contributed by atoms with E-state index in [4.69, 9.17) is 10.2 Å². The van der Waals surface area contributed by atoms with Crippen LogP contribution >= 0.6 is 11.8 Å². The molecule has 5 nitrogen and oxygen atoms in total. The maximum Gasteiger partial charge on any atom is 0.338 e. The normalized spacial score (nSPS) is 10.7. The van der Waals surface area contributed by atoms with Gasteiger partial charge in [-0.05, 0) is 17.9 Å². The number of hydrogen-bond donors (Lipinski definition) is 4. The molecule has 6 heteroatoms. The fraction of sp³-hybridized carbons (Fsp3) is 0.417. The lowest BCUT2D eigenvalue weighted by Crippen LogP contribution is -2.28. The van der Waals surface area contributed by atoms with Crippen LogP contribution < -0.4 is 5.32 Å². The van der Waals surface area contributed by atoms with Crippen molar-refractivity contribution in [3.05, 3.63) is 23.8 Å². The van der Waals surface area contributed by atoms with Gasteiger partial charge < -0.3 is 20.6 Å². The van der Waals surface area contributed by atoms with Crippen LogP contribution in [0.2, 0.25) is 0 Å². The number of aromatic carboxylic acids is 1. The standard InChI is InChI=1S/C12H17NO4S/c1-2-18-10-5-3-4-9(11(10)12(16)17)13-8(6-14)7-15/h3-5,8,13-15H,2,6-7H2,1H3,(H,16,17). The van der Waals surface area contributed by atoms with Crippen molar-refractivity contribution in [3.8, 4) is 0 Å². The van der Waals surface area contributed by atoms with E-state index in [0.717, 1.165) is 5.75 Å². The highest BCUT2D eigenvalue weighted by Crippen LogP contribution is 2.28. The monoisotopic (exact) mass is 271 g/mol. The van der Waals surface area contributed by atoms with E-state index in [0.29, 0.717) is 10.6 Å². The molecule has 0 heterocycles. The van der Waals surface area contributed by atoms with Gasteiger partial charge >= 0.3 is 5.97 Å². The fourth-order valence-corrected chi connectivity index (χ4v) is 2.34. The number of anilines is 1. The topological polar surface area (TPSA) is 89.8 Å². The molecule has 1 rings (SSSR count). The summed E-state index contributed by atoms with van der Waals surface area (Å²) in [5.41, 5.74) is 0.588. The molecular weight excluding hydrogens is 254 g/mol. The van der Waals surface area contributed by atoms with Crippen molar-refractivity contribution in [1.29, 1.82) is 0 Å². The molecule has 0 spiro atoms. The van der Waals surface area contributed by atoms with Crippen molar-refractivity contribution in [1.82, 2.24) is 0 Å². The number of benzene rings is 1. The van der Waals surface area contributed by atoms with Crippen molar-refractivity contribution in [2.75, 3.05) is 24.3 Å². The Bertz CT molecular complexity index is 407. The Hall–Kier alpha value is -1.24. The third kappa shape index (κ3) is 3.63. The average Bonchev–Trinajstić information content (AvgIpc) is 2.36. The molecule has 1 aromatic rings. The van der Waals surface area contributed by atoms with E-state index in [9.17, 15) is 9.90 Å². The first-order valence-electron chi connectivity index (χ1n) is 5.61. The maximum atomic E-state index is 11.3. The molecule has 0 aromatic heterocycles. The van der Waals surface area contributed by atoms with Crippen LogP contribution in [0.25, 0.3) is 0 Å². The zero-order chi connectivity index (χ0) is 13.5. The molecule has 0 atom stereocenters. The Labute approximate surface area is 110 Å². The number of nitrogens with one attached hydrogen (secondary N) is 1. The second-order valence-electron chi connectivity index (χ2n) is 3.62. The van der Waals surface area contributed by atoms with Crippen LogP contribution in [0.15, 0.2) is 23.1 Å². The van der Waals surface area contributed by atoms with Gasteiger partial charge in [-0.3, -0.25) is 0 Å². The van der Waals surface area contributed by atoms with Crippen molar-refractivity contribution in [3.63, 3.8) is 0 Å². The van der Waals surface area contributed by atoms with Gasteiger partial charge in [0.1, 0.15) is 0 Å². The summed E-state index contributed by atoms with van der Waals surface area (Å²) in [7, 11) is 0. The van der Waals surface area contributed by atoms with Gasteiger partial charge in [0.25, 0.3) is 0 Å². The number of hydrogen-bond acceptors (Lipinski definition) is 5. The third-order valence-corrected chi connectivity index (χ3v) is 3.28. The molecule has 18 heavy (non-hydrogen) atoms. The summed E-state index contributed by atoms with van der Waals surface area (Å²) in [6.07, 6.45) is 0. The minimum atomic E-state index is -1.02. The zero-order valence-electron chi connectivity index (χ0n) is 10.1. The Morgan fingerprint density at radius 3 is 2.56 bits per heavy atom. The molecule has 1 aromatic carbocycles. The Morgan fingerprint density at radius 1 is 1.39 bits per heavy atom. The number of rotatable bonds is 7. The van der Waals surface area contributed by atoms with E-state index >= 15 is 0 Å². The molecule has 4 N–H and O–H groups in total. The number of carboxylic acids is 1. The molecule has 0 bridgehead atoms. The molecular formula is C12H17NO4S. The molecule has 0 saturated heterocycles. The molecule has 0 saturated carbocycles. The first-order chi connectivity index (χ1) is 8.63. The summed E-state index contributed by atoms with van der Waals surface area (Å²) in [5, 5.41) is 30.1. The number of aliphatic hydroxyl groups excluding tert-OH is 2. The van der Waals surface area contributed by atoms with Gasteiger partial charge in [0.15, 0.2) is 0 Å². The summed E-state index contributed by atoms with van der Waals surface area (Å²) in [6.45, 7) is 1.42. The minimum Gasteiger partial charge on any atom is -0.478 e. The Kier molecular flexibility index (Phi) is 5.97. The van der Waals surface area contributed by atoms with Crippen LogP contribution in [0.4, 0.5) is 5.69 Å². The molecule has 0 fully saturated rings. The Balaban J connectivity index is 3.09. The van der Waals surface area contributed by atoms with Crippen molar-refractivity contribution < 1.29 is 20.1 Å². The molecule has 0 radical (unpaired) electrons. The SMILES string of the molecule is CCSc1cccc(NC(CO)CO)c1C(=O)O. The molecule has 0 aliphatic heterocycles. The highest BCUT2D eigenvalue weighted by Gasteiger charge is 2.17. The molecule has 100 valence electrons. The zero-order valence-corrected chi connectivity index (χ0v) is 10.9. The van der Waals surface area contributed by atoms with Gasteiger partial charge in [0.05, 0.1) is 30.5 Å². The van der Waals surface area contributed by atoms with E-state index in [-0.39, 0.29) is 18.8 Å². The van der Waals surface area contributed by atoms with Crippen molar-refractivity contribution >= 4 is 23.4 Å². The number of carbonyl (C=O) groups is 1. The van der Waals surface area contributed by atoms with Gasteiger partial charge in [-0.2, -0.15) is 0 Å². The minimum absolute atomic E-state index is 0.177. The summed E-state index contributed by atoms with van der Waals surface area (Å²) in [6, 6.07) is 4.56. The van der Waals surface area contributed by atoms with E-state index in [1.807, 2.05) is 6.92 Å². The summed E-state index contributed by atoms with van der Waals surface area (Å²) >= 11 is 1.44. The molecule has 0 unspecified atom stereocenters. The number of aliphatic hydroxyl groups is 2. The van der Waals surface area contributed by atoms with Gasteiger partial charge in [-0.1, -0.05) is 13.0 Å². The maximum absolute atomic E-state index is 11.3. The lowest BCUT2D eigenvalue weighted by atomic mass is 10.1. The van der Waals surface area contributed by atoms with Gasteiger partial charge in [0, 0.05) is 4.90 Å². The summed E-state index contributed by atoms with van der Waals surface area (Å²) in [4.78, 5) is 12.0. The van der Waals surface area contributed by atoms with Crippen LogP contribution in [0.1, 0.15) is 17.3 Å². The van der Waals surface area contributed by atoms with Crippen LogP contribution in [-0.4, -0.2) is 46.3 Å². The lowest BCUT2D eigenvalue weighted by molar-refractivity contribution is 0.0694. The highest BCUT2D eigenvalue weighted by molar-refractivity contribution is 7.99. The first-order valence-corrected chi connectivity index (χ1v) is 6.59. The fourth-order valence-electron chi connectivity index (χ4n) is 1.52. The Morgan fingerprint density at radius 2 is 2.06 bits per heavy atom. The second kappa shape index (κ2) is 7.25. The number of thioether (sulfide) groups is 1. The summed E-state index contributed by atoms with van der Waals surface area (Å²) in [5.74, 6) is -0.253. The van der Waals surface area contributed by atoms with Crippen LogP contribution in [0.5, 0.6) is 0 Å². The van der Waals surface area contributed by atoms with Gasteiger partial charge in [0.2, 0.25) is 0 Å². The van der Waals surface area contributed by atoms with E-state index < -0.39 is 12.0 Å². The summed E-state index contributed by atoms with van der Waals surface area (Å²) < 4.78 is 0. The van der Waals surface area contributed by atoms with E-state index in [2.05, 4.69) is 5.32 Å². The van der Waals surface area contributed by atoms with Crippen molar-refractivity contribution in [2.24, 2.45) is 0 Å². The van der Waals surface area contributed by atoms with Crippen LogP contribution in [0, 0.1) is 0 Å². The predicted molar refractivity (Wildman–Crippen MR) is 71.4 cm³/mol. The predicted octanol–water partition coefficient (Wildman–Crippen LogP) is 1.26. The first kappa shape index (κ1) is 14.8. The van der Waals surface area contributed by atoms with Gasteiger partial charge in [-0.25, -0.2) is 4.79 Å². The second-order valence-corrected chi connectivity index (χ2v) is 4.93. The number of carboxylic acid groups (broad SMARTS) is 1. The largest absolute Gasteiger partial charge is 0.478 e. The van der Waals surface area contributed by atoms with Crippen LogP contribution in [0.3, 0.4) is 0 Å². The van der Waals surface area contributed by atoms with Crippen molar-refractivity contribution in [2.45, 2.75) is 17.9 Å². The van der Waals surface area contributed by atoms with E-state index in [1.54, 1.807) is 18.2 Å². The molecule has 0 amide bonds. The smallest absolute Gasteiger partial charge is 0.338 e. The molecule has 0 aliphatic rings. The third-order valence-electron chi connectivity index (χ3n) is 2.34. The van der Waals surface area contributed by atoms with E-state index in [1.165, 1.54) is 11.8 Å². The average molecular weight is 271 g/mol.